The number of hydrogen-bond acceptors (Lipinski definition) is 5. The number of halogens is 6. The van der Waals surface area contributed by atoms with Crippen molar-refractivity contribution in [2.45, 2.75) is 58.5 Å². The highest BCUT2D eigenvalue weighted by Gasteiger charge is 2.44. The van der Waals surface area contributed by atoms with Crippen LogP contribution >= 0.6 is 0 Å². The Labute approximate surface area is 279 Å². The van der Waals surface area contributed by atoms with Crippen LogP contribution in [-0.4, -0.2) is 33.8 Å². The molecule has 0 radical (unpaired) electrons. The minimum Gasteiger partial charge on any atom is -0.454 e. The van der Waals surface area contributed by atoms with Crippen molar-refractivity contribution >= 4 is 0 Å². The molecule has 0 unspecified atom stereocenters. The summed E-state index contributed by atoms with van der Waals surface area (Å²) in [7, 11) is 0. The molecule has 1 aliphatic heterocycles. The first-order chi connectivity index (χ1) is 23.6. The van der Waals surface area contributed by atoms with Crippen LogP contribution < -0.4 is 14.2 Å². The highest BCUT2D eigenvalue weighted by atomic mass is 19.3. The Hall–Kier alpha value is -4.97. The van der Waals surface area contributed by atoms with Gasteiger partial charge in [-0.25, -0.2) is 13.8 Å². The Morgan fingerprint density at radius 3 is 2.31 bits per heavy atom. The van der Waals surface area contributed by atoms with Crippen molar-refractivity contribution in [3.8, 4) is 39.9 Å². The van der Waals surface area contributed by atoms with Crippen molar-refractivity contribution in [3.63, 3.8) is 0 Å². The fourth-order valence-electron chi connectivity index (χ4n) is 5.73. The van der Waals surface area contributed by atoms with E-state index in [1.54, 1.807) is 12.1 Å². The minimum atomic E-state index is -4.66. The minimum absolute atomic E-state index is 0.0923. The molecule has 1 aliphatic rings. The third kappa shape index (κ3) is 7.86. The number of alkyl halides is 4. The number of unbranched alkanes of at least 4 members (excludes halogenated alkanes) is 1. The summed E-state index contributed by atoms with van der Waals surface area (Å²) in [5.74, 6) is -0.579. The van der Waals surface area contributed by atoms with E-state index in [0.29, 0.717) is 47.2 Å². The molecule has 0 bridgehead atoms. The van der Waals surface area contributed by atoms with Crippen LogP contribution in [0.15, 0.2) is 91.0 Å². The highest BCUT2D eigenvalue weighted by molar-refractivity contribution is 5.68. The molecule has 4 aromatic carbocycles. The van der Waals surface area contributed by atoms with Gasteiger partial charge in [-0.1, -0.05) is 61.9 Å². The standard InChI is InChI=1S/C37H33F6N3O3/c1-2-3-16-46-31(34(27-13-14-29(38)30(39)19-27)44-35(46)26-9-5-4-6-10-26)22-45(21-25-12-15-32-33(18-25)48-23-47-32)20-24-8-7-11-28(17-24)49-37(42,43)36(40)41/h4-15,17-19,36H,2-3,16,20-23H2,1H3. The van der Waals surface area contributed by atoms with Gasteiger partial charge < -0.3 is 18.8 Å². The quantitative estimate of drug-likeness (QED) is 0.109. The fraction of sp³-hybridized carbons (Fsp3) is 0.270. The highest BCUT2D eigenvalue weighted by Crippen LogP contribution is 2.35. The Kier molecular flexibility index (Phi) is 10.1. The van der Waals surface area contributed by atoms with Crippen molar-refractivity contribution < 1.29 is 40.6 Å². The number of benzene rings is 4. The molecule has 0 saturated carbocycles. The molecule has 2 heterocycles. The number of hydrogen-bond donors (Lipinski definition) is 0. The summed E-state index contributed by atoms with van der Waals surface area (Å²) in [6.45, 7) is 3.46. The molecule has 1 aromatic heterocycles. The van der Waals surface area contributed by atoms with Gasteiger partial charge in [0.2, 0.25) is 6.79 Å². The predicted molar refractivity (Wildman–Crippen MR) is 171 cm³/mol. The molecule has 0 N–H and O–H groups in total. The lowest BCUT2D eigenvalue weighted by Gasteiger charge is -2.25. The zero-order valence-corrected chi connectivity index (χ0v) is 26.5. The van der Waals surface area contributed by atoms with Gasteiger partial charge in [-0.05, 0) is 60.0 Å². The smallest absolute Gasteiger partial charge is 0.454 e. The van der Waals surface area contributed by atoms with Crippen LogP contribution in [0.25, 0.3) is 22.6 Å². The zero-order chi connectivity index (χ0) is 34.5. The third-order valence-electron chi connectivity index (χ3n) is 8.06. The summed E-state index contributed by atoms with van der Waals surface area (Å²) in [5, 5.41) is 0. The van der Waals surface area contributed by atoms with E-state index in [2.05, 4.69) is 16.2 Å². The zero-order valence-electron chi connectivity index (χ0n) is 26.5. The SMILES string of the molecule is CCCCn1c(-c2ccccc2)nc(-c2ccc(F)c(F)c2)c1CN(Cc1cccc(OC(F)(F)C(F)F)c1)Cc1ccc2c(c1)OCO2. The van der Waals surface area contributed by atoms with Crippen molar-refractivity contribution in [2.75, 3.05) is 6.79 Å². The van der Waals surface area contributed by atoms with Gasteiger partial charge in [0.1, 0.15) is 11.6 Å². The van der Waals surface area contributed by atoms with E-state index in [-0.39, 0.29) is 19.9 Å². The molecule has 0 amide bonds. The van der Waals surface area contributed by atoms with Crippen LogP contribution in [0.3, 0.4) is 0 Å². The predicted octanol–water partition coefficient (Wildman–Crippen LogP) is 9.46. The van der Waals surface area contributed by atoms with Gasteiger partial charge in [0.05, 0.1) is 11.4 Å². The van der Waals surface area contributed by atoms with Crippen molar-refractivity contribution in [3.05, 3.63) is 119 Å². The van der Waals surface area contributed by atoms with E-state index in [1.807, 2.05) is 47.4 Å². The molecule has 6 rings (SSSR count). The van der Waals surface area contributed by atoms with Crippen molar-refractivity contribution in [2.24, 2.45) is 0 Å². The largest absolute Gasteiger partial charge is 0.461 e. The summed E-state index contributed by atoms with van der Waals surface area (Å²) >= 11 is 0. The van der Waals surface area contributed by atoms with Crippen LogP contribution in [0.1, 0.15) is 36.6 Å². The molecular weight excluding hydrogens is 648 g/mol. The van der Waals surface area contributed by atoms with Crippen LogP contribution in [0, 0.1) is 11.6 Å². The van der Waals surface area contributed by atoms with Crippen LogP contribution in [0.4, 0.5) is 26.3 Å². The molecule has 0 aliphatic carbocycles. The van der Waals surface area contributed by atoms with Crippen LogP contribution in [-0.2, 0) is 26.2 Å². The van der Waals surface area contributed by atoms with E-state index in [4.69, 9.17) is 14.5 Å². The van der Waals surface area contributed by atoms with Gasteiger partial charge in [-0.2, -0.15) is 17.6 Å². The average molecular weight is 682 g/mol. The van der Waals surface area contributed by atoms with E-state index >= 15 is 0 Å². The number of fused-ring (bicyclic) bond motifs is 1. The lowest BCUT2D eigenvalue weighted by atomic mass is 10.1. The van der Waals surface area contributed by atoms with Gasteiger partial charge in [-0.15, -0.1) is 0 Å². The maximum atomic E-state index is 14.6. The summed E-state index contributed by atoms with van der Waals surface area (Å²) < 4.78 is 99.6. The molecule has 0 spiro atoms. The summed E-state index contributed by atoms with van der Waals surface area (Å²) in [6, 6.07) is 24.3. The monoisotopic (exact) mass is 681 g/mol. The first kappa shape index (κ1) is 33.9. The Morgan fingerprint density at radius 1 is 0.816 bits per heavy atom. The number of nitrogens with zero attached hydrogens (tertiary/aromatic N) is 3. The molecule has 12 heteroatoms. The Bertz CT molecular complexity index is 1900. The maximum Gasteiger partial charge on any atom is 0.461 e. The van der Waals surface area contributed by atoms with E-state index in [9.17, 15) is 26.3 Å². The van der Waals surface area contributed by atoms with Gasteiger partial charge >= 0.3 is 12.5 Å². The Balaban J connectivity index is 1.44. The lowest BCUT2D eigenvalue weighted by molar-refractivity contribution is -0.253. The molecule has 0 saturated heterocycles. The molecule has 6 nitrogen and oxygen atoms in total. The second-order valence-corrected chi connectivity index (χ2v) is 11.7. The second kappa shape index (κ2) is 14.7. The first-order valence-corrected chi connectivity index (χ1v) is 15.8. The van der Waals surface area contributed by atoms with Crippen LogP contribution in [0.2, 0.25) is 0 Å². The molecular formula is C37H33F6N3O3. The number of rotatable bonds is 14. The summed E-state index contributed by atoms with van der Waals surface area (Å²) in [4.78, 5) is 7.01. The molecule has 49 heavy (non-hydrogen) atoms. The fourth-order valence-corrected chi connectivity index (χ4v) is 5.73. The topological polar surface area (TPSA) is 48.8 Å². The first-order valence-electron chi connectivity index (χ1n) is 15.8. The van der Waals surface area contributed by atoms with Crippen molar-refractivity contribution in [1.29, 1.82) is 0 Å². The van der Waals surface area contributed by atoms with Gasteiger partial charge in [0.15, 0.2) is 23.1 Å². The summed E-state index contributed by atoms with van der Waals surface area (Å²) in [6.07, 6.45) is -6.98. The third-order valence-corrected chi connectivity index (χ3v) is 8.06. The van der Waals surface area contributed by atoms with E-state index in [0.717, 1.165) is 41.8 Å². The van der Waals surface area contributed by atoms with Gasteiger partial charge in [0.25, 0.3) is 0 Å². The molecule has 0 atom stereocenters. The Morgan fingerprint density at radius 2 is 1.57 bits per heavy atom. The summed E-state index contributed by atoms with van der Waals surface area (Å²) in [5.41, 5.74) is 3.75. The number of imidazole rings is 1. The normalized spacial score (nSPS) is 12.7. The second-order valence-electron chi connectivity index (χ2n) is 11.7. The van der Waals surface area contributed by atoms with Gasteiger partial charge in [-0.3, -0.25) is 4.90 Å². The van der Waals surface area contributed by atoms with E-state index < -0.39 is 29.9 Å². The average Bonchev–Trinajstić information content (AvgIpc) is 3.69. The van der Waals surface area contributed by atoms with Gasteiger partial charge in [0, 0.05) is 37.3 Å². The number of aromatic nitrogens is 2. The molecule has 0 fully saturated rings. The lowest BCUT2D eigenvalue weighted by Crippen LogP contribution is -2.33. The number of ether oxygens (including phenoxy) is 3. The maximum absolute atomic E-state index is 14.6. The molecule has 5 aromatic rings. The van der Waals surface area contributed by atoms with Crippen molar-refractivity contribution in [1.82, 2.24) is 14.5 Å². The van der Waals surface area contributed by atoms with Crippen LogP contribution in [0.5, 0.6) is 17.2 Å². The molecule has 256 valence electrons. The van der Waals surface area contributed by atoms with E-state index in [1.165, 1.54) is 24.3 Å².